The van der Waals surface area contributed by atoms with Crippen LogP contribution in [0.25, 0.3) is 10.9 Å². The number of nitro benzene ring substituents is 1. The molecular formula is C27H24BrFN4O5. The summed E-state index contributed by atoms with van der Waals surface area (Å²) in [6.07, 6.45) is 1.33. The van der Waals surface area contributed by atoms with Gasteiger partial charge in [0.15, 0.2) is 5.75 Å². The van der Waals surface area contributed by atoms with Crippen LogP contribution in [0, 0.1) is 15.9 Å². The summed E-state index contributed by atoms with van der Waals surface area (Å²) in [7, 11) is 1.35. The Labute approximate surface area is 225 Å². The zero-order valence-electron chi connectivity index (χ0n) is 21.1. The first-order valence-electron chi connectivity index (χ1n) is 11.5. The molecule has 38 heavy (non-hydrogen) atoms. The Kier molecular flexibility index (Phi) is 7.58. The second-order valence-electron chi connectivity index (χ2n) is 9.46. The molecule has 0 aliphatic carbocycles. The van der Waals surface area contributed by atoms with Crippen LogP contribution in [0.5, 0.6) is 11.5 Å². The number of benzene rings is 3. The fraction of sp³-hybridized carbons (Fsp3) is 0.222. The second kappa shape index (κ2) is 10.7. The fourth-order valence-electron chi connectivity index (χ4n) is 3.76. The van der Waals surface area contributed by atoms with Gasteiger partial charge in [-0.15, -0.1) is 0 Å². The lowest BCUT2D eigenvalue weighted by molar-refractivity contribution is -0.386. The van der Waals surface area contributed by atoms with Crippen molar-refractivity contribution in [3.8, 4) is 11.5 Å². The molecule has 0 fully saturated rings. The molecule has 1 heterocycles. The molecule has 0 unspecified atom stereocenters. The number of rotatable bonds is 7. The number of ether oxygens (including phenoxy) is 2. The summed E-state index contributed by atoms with van der Waals surface area (Å²) in [6.45, 7) is 5.61. The highest BCUT2D eigenvalue weighted by Gasteiger charge is 2.24. The van der Waals surface area contributed by atoms with E-state index < -0.39 is 16.2 Å². The van der Waals surface area contributed by atoms with Crippen molar-refractivity contribution in [2.24, 2.45) is 5.10 Å². The highest BCUT2D eigenvalue weighted by molar-refractivity contribution is 9.10. The first kappa shape index (κ1) is 26.9. The number of fused-ring (bicyclic) bond motifs is 1. The van der Waals surface area contributed by atoms with Crippen molar-refractivity contribution in [3.63, 3.8) is 0 Å². The molecule has 9 nitrogen and oxygen atoms in total. The van der Waals surface area contributed by atoms with Gasteiger partial charge in [0, 0.05) is 21.5 Å². The predicted octanol–water partition coefficient (Wildman–Crippen LogP) is 5.97. The Morgan fingerprint density at radius 3 is 2.61 bits per heavy atom. The molecule has 0 aliphatic rings. The van der Waals surface area contributed by atoms with Gasteiger partial charge in [0.2, 0.25) is 5.75 Å². The van der Waals surface area contributed by atoms with Crippen molar-refractivity contribution in [3.05, 3.63) is 102 Å². The topological polar surface area (TPSA) is 109 Å². The molecule has 0 N–H and O–H groups in total. The Morgan fingerprint density at radius 1 is 1.18 bits per heavy atom. The van der Waals surface area contributed by atoms with E-state index in [2.05, 4.69) is 26.0 Å². The van der Waals surface area contributed by atoms with Gasteiger partial charge in [0.05, 0.1) is 29.2 Å². The Bertz CT molecular complexity index is 1630. The molecule has 0 radical (unpaired) electrons. The third-order valence-electron chi connectivity index (χ3n) is 5.55. The van der Waals surface area contributed by atoms with Gasteiger partial charge in [0.1, 0.15) is 18.2 Å². The second-order valence-corrected chi connectivity index (χ2v) is 10.4. The van der Waals surface area contributed by atoms with Crippen molar-refractivity contribution in [2.75, 3.05) is 7.11 Å². The van der Waals surface area contributed by atoms with Gasteiger partial charge in [-0.1, -0.05) is 48.8 Å². The maximum Gasteiger partial charge on any atom is 0.315 e. The number of hydrogen-bond acceptors (Lipinski definition) is 7. The molecule has 196 valence electrons. The van der Waals surface area contributed by atoms with Gasteiger partial charge in [0.25, 0.3) is 5.56 Å². The molecule has 4 rings (SSSR count). The molecule has 0 saturated carbocycles. The van der Waals surface area contributed by atoms with E-state index in [1.54, 1.807) is 24.3 Å². The zero-order valence-corrected chi connectivity index (χ0v) is 22.7. The molecule has 4 aromatic rings. The van der Waals surface area contributed by atoms with Gasteiger partial charge < -0.3 is 9.47 Å². The highest BCUT2D eigenvalue weighted by atomic mass is 79.9. The van der Waals surface area contributed by atoms with E-state index in [9.17, 15) is 19.3 Å². The number of methoxy groups -OCH3 is 1. The van der Waals surface area contributed by atoms with Crippen LogP contribution in [0.4, 0.5) is 10.1 Å². The van der Waals surface area contributed by atoms with E-state index in [0.29, 0.717) is 27.9 Å². The quantitative estimate of drug-likeness (QED) is 0.151. The third-order valence-corrected chi connectivity index (χ3v) is 6.04. The monoisotopic (exact) mass is 582 g/mol. The van der Waals surface area contributed by atoms with E-state index in [4.69, 9.17) is 9.47 Å². The summed E-state index contributed by atoms with van der Waals surface area (Å²) in [5.74, 6) is -0.0469. The molecule has 0 saturated heterocycles. The van der Waals surface area contributed by atoms with Crippen LogP contribution in [0.3, 0.4) is 0 Å². The van der Waals surface area contributed by atoms with Crippen LogP contribution in [-0.4, -0.2) is 27.9 Å². The van der Waals surface area contributed by atoms with Crippen LogP contribution >= 0.6 is 15.9 Å². The first-order valence-corrected chi connectivity index (χ1v) is 12.3. The average molecular weight is 583 g/mol. The van der Waals surface area contributed by atoms with E-state index in [1.165, 1.54) is 48.3 Å². The normalized spacial score (nSPS) is 11.7. The van der Waals surface area contributed by atoms with Crippen LogP contribution in [0.15, 0.2) is 69.0 Å². The summed E-state index contributed by atoms with van der Waals surface area (Å²) >= 11 is 3.38. The molecule has 1 aromatic heterocycles. The van der Waals surface area contributed by atoms with Gasteiger partial charge in [-0.2, -0.15) is 9.78 Å². The number of aromatic nitrogens is 2. The van der Waals surface area contributed by atoms with E-state index in [-0.39, 0.29) is 29.4 Å². The van der Waals surface area contributed by atoms with Crippen LogP contribution in [-0.2, 0) is 12.0 Å². The first-order chi connectivity index (χ1) is 18.0. The number of halogens is 2. The highest BCUT2D eigenvalue weighted by Crippen LogP contribution is 2.38. The summed E-state index contributed by atoms with van der Waals surface area (Å²) in [5, 5.41) is 16.6. The maximum atomic E-state index is 13.5. The molecule has 0 aliphatic heterocycles. The van der Waals surface area contributed by atoms with Crippen molar-refractivity contribution in [1.29, 1.82) is 0 Å². The van der Waals surface area contributed by atoms with Crippen molar-refractivity contribution in [2.45, 2.75) is 32.8 Å². The zero-order chi connectivity index (χ0) is 27.6. The lowest BCUT2D eigenvalue weighted by atomic mass is 9.95. The van der Waals surface area contributed by atoms with Gasteiger partial charge in [-0.3, -0.25) is 14.9 Å². The minimum absolute atomic E-state index is 0.0843. The Balaban J connectivity index is 1.78. The number of nitrogens with zero attached hydrogens (tertiary/aromatic N) is 4. The van der Waals surface area contributed by atoms with Crippen LogP contribution in [0.2, 0.25) is 0 Å². The predicted molar refractivity (Wildman–Crippen MR) is 146 cm³/mol. The van der Waals surface area contributed by atoms with E-state index >= 15 is 0 Å². The third kappa shape index (κ3) is 5.72. The summed E-state index contributed by atoms with van der Waals surface area (Å²) in [4.78, 5) is 29.3. The molecule has 11 heteroatoms. The lowest BCUT2D eigenvalue weighted by Crippen LogP contribution is -2.29. The molecule has 3 aromatic carbocycles. The summed E-state index contributed by atoms with van der Waals surface area (Å²) in [5.41, 5.74) is 0.0480. The largest absolute Gasteiger partial charge is 0.493 e. The molecule has 0 bridgehead atoms. The maximum absolute atomic E-state index is 13.5. The standard InChI is InChI=1S/C27H24BrFN4O5/c1-27(2,3)26-31-21-9-8-18(28)13-20(21)25(34)32(26)30-14-17-11-22(33(35)36)24(23(12-17)37-4)38-15-16-6-5-7-19(29)10-16/h5-14H,15H2,1-4H3. The van der Waals surface area contributed by atoms with Crippen molar-refractivity contribution in [1.82, 2.24) is 9.66 Å². The Morgan fingerprint density at radius 2 is 1.95 bits per heavy atom. The van der Waals surface area contributed by atoms with Crippen molar-refractivity contribution >= 4 is 38.7 Å². The molecule has 0 amide bonds. The number of nitro groups is 1. The molecular weight excluding hydrogens is 559 g/mol. The minimum atomic E-state index is -0.609. The summed E-state index contributed by atoms with van der Waals surface area (Å²) < 4.78 is 26.5. The molecule has 0 atom stereocenters. The van der Waals surface area contributed by atoms with Crippen LogP contribution < -0.4 is 15.0 Å². The average Bonchev–Trinajstić information content (AvgIpc) is 2.86. The Hall–Kier alpha value is -4.12. The summed E-state index contributed by atoms with van der Waals surface area (Å²) in [6, 6.07) is 13.7. The smallest absolute Gasteiger partial charge is 0.315 e. The SMILES string of the molecule is COc1cc(C=Nn2c(C(C)(C)C)nc3ccc(Br)cc3c2=O)cc([N+](=O)[O-])c1OCc1cccc(F)c1. The minimum Gasteiger partial charge on any atom is -0.493 e. The van der Waals surface area contributed by atoms with Crippen LogP contribution in [0.1, 0.15) is 37.7 Å². The lowest BCUT2D eigenvalue weighted by Gasteiger charge is -2.20. The molecule has 0 spiro atoms. The van der Waals surface area contributed by atoms with Gasteiger partial charge in [-0.05, 0) is 42.0 Å². The fourth-order valence-corrected chi connectivity index (χ4v) is 4.12. The number of hydrogen-bond donors (Lipinski definition) is 0. The van der Waals surface area contributed by atoms with Gasteiger partial charge in [-0.25, -0.2) is 9.37 Å². The van der Waals surface area contributed by atoms with E-state index in [0.717, 1.165) is 4.47 Å². The van der Waals surface area contributed by atoms with E-state index in [1.807, 2.05) is 20.8 Å². The van der Waals surface area contributed by atoms with Crippen molar-refractivity contribution < 1.29 is 18.8 Å². The van der Waals surface area contributed by atoms with Gasteiger partial charge >= 0.3 is 5.69 Å².